The summed E-state index contributed by atoms with van der Waals surface area (Å²) in [5, 5.41) is 8.93. The van der Waals surface area contributed by atoms with Gasteiger partial charge in [-0.05, 0) is 30.2 Å². The summed E-state index contributed by atoms with van der Waals surface area (Å²) in [6.07, 6.45) is -0.00730. The van der Waals surface area contributed by atoms with E-state index in [0.29, 0.717) is 24.7 Å². The van der Waals surface area contributed by atoms with Crippen LogP contribution in [0.15, 0.2) is 48.5 Å². The first-order valence-electron chi connectivity index (χ1n) is 6.84. The Morgan fingerprint density at radius 3 is 2.14 bits per heavy atom. The van der Waals surface area contributed by atoms with Crippen LogP contribution in [0.25, 0.3) is 0 Å². The number of carbonyl (C=O) groups is 1. The van der Waals surface area contributed by atoms with Gasteiger partial charge in [0.1, 0.15) is 6.61 Å². The topological polar surface area (TPSA) is 55.8 Å². The van der Waals surface area contributed by atoms with Gasteiger partial charge in [0.25, 0.3) is 0 Å². The lowest BCUT2D eigenvalue weighted by atomic mass is 10.1. The Labute approximate surface area is 123 Å². The second-order valence-corrected chi connectivity index (χ2v) is 4.51. The van der Waals surface area contributed by atoms with Crippen LogP contribution < -0.4 is 9.47 Å². The van der Waals surface area contributed by atoms with E-state index < -0.39 is 5.97 Å². The van der Waals surface area contributed by atoms with Crippen molar-refractivity contribution >= 4 is 5.97 Å². The zero-order valence-electron chi connectivity index (χ0n) is 11.9. The van der Waals surface area contributed by atoms with Crippen molar-refractivity contribution in [1.82, 2.24) is 0 Å². The first kappa shape index (κ1) is 14.9. The van der Waals surface area contributed by atoms with Crippen LogP contribution in [0.2, 0.25) is 0 Å². The molecule has 0 heterocycles. The van der Waals surface area contributed by atoms with Gasteiger partial charge in [0.15, 0.2) is 11.5 Å². The largest absolute Gasteiger partial charge is 0.490 e. The molecule has 2 aromatic rings. The van der Waals surface area contributed by atoms with Gasteiger partial charge in [-0.2, -0.15) is 0 Å². The fourth-order valence-corrected chi connectivity index (χ4v) is 2.03. The fourth-order valence-electron chi connectivity index (χ4n) is 2.03. The van der Waals surface area contributed by atoms with Gasteiger partial charge in [0, 0.05) is 0 Å². The van der Waals surface area contributed by atoms with Crippen LogP contribution in [0, 0.1) is 0 Å². The molecule has 2 aromatic carbocycles. The van der Waals surface area contributed by atoms with Crippen molar-refractivity contribution < 1.29 is 19.4 Å². The Bertz CT molecular complexity index is 607. The third-order valence-electron chi connectivity index (χ3n) is 2.99. The van der Waals surface area contributed by atoms with E-state index in [2.05, 4.69) is 0 Å². The normalized spacial score (nSPS) is 10.1. The van der Waals surface area contributed by atoms with Gasteiger partial charge in [-0.1, -0.05) is 36.4 Å². The van der Waals surface area contributed by atoms with Crippen molar-refractivity contribution in [3.63, 3.8) is 0 Å². The molecule has 0 radical (unpaired) electrons. The molecule has 110 valence electrons. The van der Waals surface area contributed by atoms with Crippen LogP contribution >= 0.6 is 0 Å². The monoisotopic (exact) mass is 286 g/mol. The number of benzene rings is 2. The average molecular weight is 286 g/mol. The number of hydrogen-bond acceptors (Lipinski definition) is 3. The van der Waals surface area contributed by atoms with Crippen LogP contribution in [0.1, 0.15) is 18.1 Å². The van der Waals surface area contributed by atoms with Gasteiger partial charge in [-0.25, -0.2) is 0 Å². The zero-order valence-corrected chi connectivity index (χ0v) is 11.9. The molecule has 4 nitrogen and oxygen atoms in total. The average Bonchev–Trinajstić information content (AvgIpc) is 2.47. The van der Waals surface area contributed by atoms with E-state index >= 15 is 0 Å². The van der Waals surface area contributed by atoms with Gasteiger partial charge in [0.2, 0.25) is 0 Å². The van der Waals surface area contributed by atoms with Gasteiger partial charge in [-0.3, -0.25) is 4.79 Å². The standard InChI is InChI=1S/C17H18O4/c1-2-20-15-9-5-6-10-16(15)21-12-14-8-4-3-7-13(14)11-17(18)19/h3-10H,2,11-12H2,1H3,(H,18,19). The molecule has 1 N–H and O–H groups in total. The van der Waals surface area contributed by atoms with E-state index in [4.69, 9.17) is 14.6 Å². The zero-order chi connectivity index (χ0) is 15.1. The first-order valence-corrected chi connectivity index (χ1v) is 6.84. The molecule has 0 atom stereocenters. The van der Waals surface area contributed by atoms with Gasteiger partial charge < -0.3 is 14.6 Å². The van der Waals surface area contributed by atoms with Crippen LogP contribution in [0.3, 0.4) is 0 Å². The number of para-hydroxylation sites is 2. The Morgan fingerprint density at radius 1 is 0.952 bits per heavy atom. The number of carboxylic acids is 1. The van der Waals surface area contributed by atoms with Crippen molar-refractivity contribution in [2.45, 2.75) is 20.0 Å². The van der Waals surface area contributed by atoms with Crippen molar-refractivity contribution in [3.8, 4) is 11.5 Å². The fraction of sp³-hybridized carbons (Fsp3) is 0.235. The number of ether oxygens (including phenoxy) is 2. The van der Waals surface area contributed by atoms with Crippen molar-refractivity contribution in [2.75, 3.05) is 6.61 Å². The minimum absolute atomic E-state index is 0.00730. The highest BCUT2D eigenvalue weighted by atomic mass is 16.5. The first-order chi connectivity index (χ1) is 10.2. The summed E-state index contributed by atoms with van der Waals surface area (Å²) in [4.78, 5) is 10.9. The number of rotatable bonds is 7. The number of hydrogen-bond donors (Lipinski definition) is 1. The van der Waals surface area contributed by atoms with Gasteiger partial charge in [0.05, 0.1) is 13.0 Å². The van der Waals surface area contributed by atoms with E-state index in [1.165, 1.54) is 0 Å². The highest BCUT2D eigenvalue weighted by molar-refractivity contribution is 5.70. The number of aliphatic carboxylic acids is 1. The summed E-state index contributed by atoms with van der Waals surface area (Å²) < 4.78 is 11.3. The highest BCUT2D eigenvalue weighted by Crippen LogP contribution is 2.27. The minimum Gasteiger partial charge on any atom is -0.490 e. The van der Waals surface area contributed by atoms with Crippen molar-refractivity contribution in [3.05, 3.63) is 59.7 Å². The number of carboxylic acid groups (broad SMARTS) is 1. The quantitative estimate of drug-likeness (QED) is 0.848. The van der Waals surface area contributed by atoms with Crippen molar-refractivity contribution in [1.29, 1.82) is 0 Å². The molecule has 2 rings (SSSR count). The maximum absolute atomic E-state index is 10.9. The smallest absolute Gasteiger partial charge is 0.307 e. The van der Waals surface area contributed by atoms with Crippen LogP contribution in [-0.2, 0) is 17.8 Å². The molecule has 0 saturated carbocycles. The molecule has 4 heteroatoms. The third kappa shape index (κ3) is 4.24. The lowest BCUT2D eigenvalue weighted by Gasteiger charge is -2.13. The maximum atomic E-state index is 10.9. The van der Waals surface area contributed by atoms with E-state index in [-0.39, 0.29) is 6.42 Å². The SMILES string of the molecule is CCOc1ccccc1OCc1ccccc1CC(=O)O. The Balaban J connectivity index is 2.11. The molecule has 0 aromatic heterocycles. The van der Waals surface area contributed by atoms with E-state index in [9.17, 15) is 4.79 Å². The molecular formula is C17H18O4. The van der Waals surface area contributed by atoms with Crippen LogP contribution in [0.5, 0.6) is 11.5 Å². The molecule has 21 heavy (non-hydrogen) atoms. The summed E-state index contributed by atoms with van der Waals surface area (Å²) >= 11 is 0. The Morgan fingerprint density at radius 2 is 1.52 bits per heavy atom. The second-order valence-electron chi connectivity index (χ2n) is 4.51. The van der Waals surface area contributed by atoms with Crippen LogP contribution in [0.4, 0.5) is 0 Å². The molecule has 0 unspecified atom stereocenters. The maximum Gasteiger partial charge on any atom is 0.307 e. The molecule has 0 aliphatic heterocycles. The molecule has 0 aliphatic carbocycles. The lowest BCUT2D eigenvalue weighted by molar-refractivity contribution is -0.136. The summed E-state index contributed by atoms with van der Waals surface area (Å²) in [6.45, 7) is 2.79. The van der Waals surface area contributed by atoms with Crippen LogP contribution in [-0.4, -0.2) is 17.7 Å². The second kappa shape index (κ2) is 7.33. The predicted molar refractivity (Wildman–Crippen MR) is 79.7 cm³/mol. The molecule has 0 saturated heterocycles. The van der Waals surface area contributed by atoms with Gasteiger partial charge in [-0.15, -0.1) is 0 Å². The van der Waals surface area contributed by atoms with E-state index in [0.717, 1.165) is 11.1 Å². The summed E-state index contributed by atoms with van der Waals surface area (Å²) in [5.74, 6) is 0.498. The van der Waals surface area contributed by atoms with E-state index in [1.807, 2.05) is 49.4 Å². The van der Waals surface area contributed by atoms with E-state index in [1.54, 1.807) is 6.07 Å². The molecule has 0 amide bonds. The molecular weight excluding hydrogens is 268 g/mol. The molecule has 0 bridgehead atoms. The molecule has 0 fully saturated rings. The summed E-state index contributed by atoms with van der Waals surface area (Å²) in [7, 11) is 0. The third-order valence-corrected chi connectivity index (χ3v) is 2.99. The minimum atomic E-state index is -0.850. The van der Waals surface area contributed by atoms with Crippen molar-refractivity contribution in [2.24, 2.45) is 0 Å². The van der Waals surface area contributed by atoms with Gasteiger partial charge >= 0.3 is 5.97 Å². The highest BCUT2D eigenvalue weighted by Gasteiger charge is 2.08. The Hall–Kier alpha value is -2.49. The summed E-state index contributed by atoms with van der Waals surface area (Å²) in [6, 6.07) is 14.8. The lowest BCUT2D eigenvalue weighted by Crippen LogP contribution is -2.06. The molecule has 0 spiro atoms. The Kier molecular flexibility index (Phi) is 5.21. The predicted octanol–water partition coefficient (Wildman–Crippen LogP) is 3.29. The molecule has 0 aliphatic rings. The summed E-state index contributed by atoms with van der Waals surface area (Å²) in [5.41, 5.74) is 1.63.